The zero-order valence-electron chi connectivity index (χ0n) is 27.2. The molecular formula is C38H26Cl2N6O4S2. The Morgan fingerprint density at radius 2 is 1.15 bits per heavy atom. The third kappa shape index (κ3) is 7.02. The first kappa shape index (κ1) is 34.0. The fourth-order valence-corrected chi connectivity index (χ4v) is 7.37. The van der Waals surface area contributed by atoms with Crippen LogP contribution in [0.2, 0.25) is 10.0 Å². The molecule has 0 aliphatic carbocycles. The fraction of sp³-hybridized carbons (Fsp3) is 0.105. The van der Waals surface area contributed by atoms with Gasteiger partial charge < -0.3 is 17.7 Å². The summed E-state index contributed by atoms with van der Waals surface area (Å²) >= 11 is 15.3. The minimum atomic E-state index is 0.354. The van der Waals surface area contributed by atoms with Crippen LogP contribution in [0.15, 0.2) is 126 Å². The van der Waals surface area contributed by atoms with Crippen LogP contribution in [0.25, 0.3) is 56.2 Å². The van der Waals surface area contributed by atoms with Crippen LogP contribution in [-0.2, 0) is 24.3 Å². The lowest BCUT2D eigenvalue weighted by atomic mass is 9.97. The van der Waals surface area contributed by atoms with Gasteiger partial charge in [0.2, 0.25) is 23.6 Å². The molecule has 8 rings (SSSR count). The number of halogens is 2. The minimum Gasteiger partial charge on any atom is -0.431 e. The fourth-order valence-electron chi connectivity index (χ4n) is 5.60. The number of nitrogens with zero attached hydrogens (tertiary/aromatic N) is 6. The molecular weight excluding hydrogens is 739 g/mol. The van der Waals surface area contributed by atoms with Crippen LogP contribution in [0.5, 0.6) is 0 Å². The highest BCUT2D eigenvalue weighted by Gasteiger charge is 2.20. The summed E-state index contributed by atoms with van der Waals surface area (Å²) in [7, 11) is 0. The quantitative estimate of drug-likeness (QED) is 0.0818. The van der Waals surface area contributed by atoms with Crippen molar-refractivity contribution in [1.82, 2.24) is 30.4 Å². The van der Waals surface area contributed by atoms with Crippen LogP contribution in [0.3, 0.4) is 0 Å². The van der Waals surface area contributed by atoms with E-state index < -0.39 is 0 Å². The van der Waals surface area contributed by atoms with Crippen molar-refractivity contribution in [2.45, 2.75) is 34.8 Å². The number of allylic oxidation sites excluding steroid dienone is 2. The monoisotopic (exact) mass is 764 g/mol. The molecule has 10 nitrogen and oxygen atoms in total. The first-order valence-corrected chi connectivity index (χ1v) is 18.7. The molecule has 0 fully saturated rings. The maximum absolute atomic E-state index is 6.38. The topological polar surface area (TPSA) is 130 Å². The summed E-state index contributed by atoms with van der Waals surface area (Å²) in [5.74, 6) is 2.28. The van der Waals surface area contributed by atoms with E-state index in [-0.39, 0.29) is 0 Å². The first-order valence-electron chi connectivity index (χ1n) is 15.9. The van der Waals surface area contributed by atoms with E-state index >= 15 is 0 Å². The minimum absolute atomic E-state index is 0.354. The van der Waals surface area contributed by atoms with Gasteiger partial charge in [0.1, 0.15) is 11.0 Å². The summed E-state index contributed by atoms with van der Waals surface area (Å²) in [5.41, 5.74) is 7.84. The molecule has 0 N–H and O–H groups in total. The molecule has 8 aromatic rings. The van der Waals surface area contributed by atoms with Crippen molar-refractivity contribution < 1.29 is 17.7 Å². The Balaban J connectivity index is 1.07. The first-order chi connectivity index (χ1) is 25.4. The maximum atomic E-state index is 6.38. The molecule has 4 aromatic heterocycles. The molecule has 0 bridgehead atoms. The van der Waals surface area contributed by atoms with Crippen molar-refractivity contribution in [1.29, 1.82) is 0 Å². The Kier molecular flexibility index (Phi) is 9.70. The predicted molar refractivity (Wildman–Crippen MR) is 203 cm³/mol. The van der Waals surface area contributed by atoms with E-state index in [0.717, 1.165) is 27.8 Å². The summed E-state index contributed by atoms with van der Waals surface area (Å²) in [6.07, 6.45) is 4.93. The highest BCUT2D eigenvalue weighted by molar-refractivity contribution is 7.98. The number of hydrogen-bond acceptors (Lipinski definition) is 12. The van der Waals surface area contributed by atoms with Gasteiger partial charge in [-0.05, 0) is 72.5 Å². The van der Waals surface area contributed by atoms with Crippen LogP contribution in [-0.4, -0.2) is 30.4 Å². The summed E-state index contributed by atoms with van der Waals surface area (Å²) in [6.45, 7) is 7.91. The van der Waals surface area contributed by atoms with Gasteiger partial charge in [0, 0.05) is 11.1 Å². The van der Waals surface area contributed by atoms with Gasteiger partial charge >= 0.3 is 0 Å². The van der Waals surface area contributed by atoms with Gasteiger partial charge in [-0.1, -0.05) is 83.1 Å². The van der Waals surface area contributed by atoms with Crippen molar-refractivity contribution in [3.05, 3.63) is 131 Å². The Bertz CT molecular complexity index is 2590. The number of thioether (sulfide) groups is 2. The highest BCUT2D eigenvalue weighted by Crippen LogP contribution is 2.38. The van der Waals surface area contributed by atoms with E-state index in [1.807, 2.05) is 60.7 Å². The smallest absolute Gasteiger partial charge is 0.257 e. The van der Waals surface area contributed by atoms with Gasteiger partial charge in [0.05, 0.1) is 32.7 Å². The van der Waals surface area contributed by atoms with Gasteiger partial charge in [0.25, 0.3) is 10.4 Å². The normalized spacial score (nSPS) is 11.5. The Hall–Kier alpha value is -5.14. The average molecular weight is 766 g/mol. The second-order valence-corrected chi connectivity index (χ2v) is 14.1. The molecule has 14 heteroatoms. The van der Waals surface area contributed by atoms with Crippen LogP contribution in [0.4, 0.5) is 0 Å². The number of aromatic nitrogens is 6. The second kappa shape index (κ2) is 14.8. The summed E-state index contributed by atoms with van der Waals surface area (Å²) in [4.78, 5) is 9.64. The molecule has 4 aromatic carbocycles. The molecule has 0 unspecified atom stereocenters. The van der Waals surface area contributed by atoms with E-state index in [4.69, 9.17) is 50.8 Å². The Morgan fingerprint density at radius 1 is 0.596 bits per heavy atom. The SMILES string of the molecule is C=CCc1cc(-c2cc(CC=C)c3oc(SCc4nnc(-c5ccccc5Cl)o4)nc3c2)c2oc(SCc3nnc(-c4ccccc4Cl)o3)nc2c1. The van der Waals surface area contributed by atoms with Crippen molar-refractivity contribution in [3.63, 3.8) is 0 Å². The molecule has 0 spiro atoms. The summed E-state index contributed by atoms with van der Waals surface area (Å²) in [6, 6.07) is 22.8. The van der Waals surface area contributed by atoms with Crippen LogP contribution < -0.4 is 0 Å². The lowest BCUT2D eigenvalue weighted by Crippen LogP contribution is -1.89. The van der Waals surface area contributed by atoms with Crippen molar-refractivity contribution in [2.75, 3.05) is 0 Å². The number of oxazole rings is 2. The molecule has 0 aliphatic rings. The van der Waals surface area contributed by atoms with Gasteiger partial charge in [-0.3, -0.25) is 0 Å². The molecule has 52 heavy (non-hydrogen) atoms. The van der Waals surface area contributed by atoms with E-state index in [0.29, 0.717) is 96.2 Å². The average Bonchev–Trinajstić information content (AvgIpc) is 3.96. The Morgan fingerprint density at radius 3 is 1.73 bits per heavy atom. The summed E-state index contributed by atoms with van der Waals surface area (Å²) < 4.78 is 24.4. The van der Waals surface area contributed by atoms with Crippen LogP contribution >= 0.6 is 46.7 Å². The molecule has 0 aliphatic heterocycles. The third-order valence-corrected chi connectivity index (χ3v) is 10.2. The standard InChI is InChI=1S/C38H26Cl2N6O4S2/c1-3-9-21-15-26(34-29(16-21)41-38(50-34)52-20-32-44-46-36(48-32)25-12-6-8-14-28(25)40)23-17-22(10-4-2)33-30(18-23)42-37(49-33)51-19-31-43-45-35(47-31)24-11-5-7-13-27(24)39/h3-8,11-18H,1-2,9-10,19-20H2. The molecule has 0 atom stereocenters. The van der Waals surface area contributed by atoms with Gasteiger partial charge in [-0.15, -0.1) is 33.6 Å². The van der Waals surface area contributed by atoms with Gasteiger partial charge in [-0.25, -0.2) is 9.97 Å². The van der Waals surface area contributed by atoms with Crippen LogP contribution in [0.1, 0.15) is 22.9 Å². The summed E-state index contributed by atoms with van der Waals surface area (Å²) in [5, 5.41) is 18.7. The molecule has 0 saturated carbocycles. The predicted octanol–water partition coefficient (Wildman–Crippen LogP) is 11.1. The van der Waals surface area contributed by atoms with Gasteiger partial charge in [0.15, 0.2) is 11.2 Å². The number of rotatable bonds is 13. The maximum Gasteiger partial charge on any atom is 0.257 e. The van der Waals surface area contributed by atoms with Crippen molar-refractivity contribution in [3.8, 4) is 34.0 Å². The Labute approximate surface area is 315 Å². The van der Waals surface area contributed by atoms with Crippen molar-refractivity contribution in [2.24, 2.45) is 0 Å². The molecule has 0 radical (unpaired) electrons. The van der Waals surface area contributed by atoms with E-state index in [1.54, 1.807) is 12.1 Å². The lowest BCUT2D eigenvalue weighted by Gasteiger charge is -2.08. The zero-order valence-corrected chi connectivity index (χ0v) is 30.4. The van der Waals surface area contributed by atoms with E-state index in [1.165, 1.54) is 23.5 Å². The number of fused-ring (bicyclic) bond motifs is 2. The van der Waals surface area contributed by atoms with Crippen LogP contribution in [0, 0.1) is 0 Å². The highest BCUT2D eigenvalue weighted by atomic mass is 35.5. The number of benzene rings is 4. The zero-order chi connectivity index (χ0) is 35.6. The third-order valence-electron chi connectivity index (χ3n) is 7.91. The largest absolute Gasteiger partial charge is 0.431 e. The van der Waals surface area contributed by atoms with Gasteiger partial charge in [-0.2, -0.15) is 0 Å². The van der Waals surface area contributed by atoms with E-state index in [9.17, 15) is 0 Å². The second-order valence-electron chi connectivity index (χ2n) is 11.5. The van der Waals surface area contributed by atoms with E-state index in [2.05, 4.69) is 45.7 Å². The van der Waals surface area contributed by atoms with Crippen molar-refractivity contribution >= 4 is 68.9 Å². The number of hydrogen-bond donors (Lipinski definition) is 0. The molecule has 258 valence electrons. The molecule has 0 saturated heterocycles. The molecule has 0 amide bonds. The molecule has 4 heterocycles. The lowest BCUT2D eigenvalue weighted by molar-refractivity contribution is 0.484.